The van der Waals surface area contributed by atoms with Gasteiger partial charge < -0.3 is 18.9 Å². The van der Waals surface area contributed by atoms with Gasteiger partial charge in [0.25, 0.3) is 0 Å². The van der Waals surface area contributed by atoms with Crippen LogP contribution in [0.2, 0.25) is 0 Å². The van der Waals surface area contributed by atoms with Crippen molar-refractivity contribution in [2.24, 2.45) is 0 Å². The number of terminal acetylenes is 1. The summed E-state index contributed by atoms with van der Waals surface area (Å²) >= 11 is 0. The molecule has 0 amide bonds. The molecule has 0 aliphatic carbocycles. The molecule has 0 aliphatic rings. The Labute approximate surface area is 174 Å². The molecule has 0 unspecified atom stereocenters. The minimum Gasteiger partial charge on any atom is -0.497 e. The first-order chi connectivity index (χ1) is 14.5. The Morgan fingerprint density at radius 2 is 1.17 bits per heavy atom. The van der Waals surface area contributed by atoms with Crippen LogP contribution in [0.15, 0.2) is 66.7 Å². The normalized spacial score (nSPS) is 9.90. The van der Waals surface area contributed by atoms with Crippen molar-refractivity contribution < 1.29 is 28.5 Å². The van der Waals surface area contributed by atoms with E-state index >= 15 is 0 Å². The molecule has 0 bridgehead atoms. The van der Waals surface area contributed by atoms with E-state index in [4.69, 9.17) is 25.4 Å². The molecule has 150 valence electrons. The highest BCUT2D eigenvalue weighted by atomic mass is 16.5. The maximum atomic E-state index is 12.5. The molecule has 3 rings (SSSR count). The molecule has 0 saturated heterocycles. The average molecular weight is 402 g/mol. The van der Waals surface area contributed by atoms with Crippen molar-refractivity contribution in [2.75, 3.05) is 14.2 Å². The molecule has 0 radical (unpaired) electrons. The van der Waals surface area contributed by atoms with E-state index in [1.54, 1.807) is 62.8 Å². The van der Waals surface area contributed by atoms with Gasteiger partial charge in [-0.05, 0) is 66.7 Å². The molecule has 6 nitrogen and oxygen atoms in total. The van der Waals surface area contributed by atoms with Gasteiger partial charge in [0, 0.05) is 5.56 Å². The summed E-state index contributed by atoms with van der Waals surface area (Å²) in [5.41, 5.74) is 0.590. The fourth-order valence-corrected chi connectivity index (χ4v) is 2.58. The minimum atomic E-state index is -0.636. The van der Waals surface area contributed by atoms with E-state index in [9.17, 15) is 9.59 Å². The molecule has 0 heterocycles. The van der Waals surface area contributed by atoms with Crippen molar-refractivity contribution in [3.8, 4) is 35.3 Å². The topological polar surface area (TPSA) is 71.1 Å². The van der Waals surface area contributed by atoms with E-state index in [2.05, 4.69) is 5.92 Å². The zero-order valence-corrected chi connectivity index (χ0v) is 16.4. The van der Waals surface area contributed by atoms with Gasteiger partial charge >= 0.3 is 11.9 Å². The number of carbonyl (C=O) groups excluding carboxylic acids is 2. The zero-order chi connectivity index (χ0) is 21.5. The predicted octanol–water partition coefficient (Wildman–Crippen LogP) is 4.12. The Bertz CT molecular complexity index is 1090. The van der Waals surface area contributed by atoms with E-state index in [0.29, 0.717) is 23.0 Å². The highest BCUT2D eigenvalue weighted by Crippen LogP contribution is 2.21. The minimum absolute atomic E-state index is 0.161. The van der Waals surface area contributed by atoms with E-state index in [1.165, 1.54) is 18.2 Å². The molecule has 0 aromatic heterocycles. The number of hydrogen-bond donors (Lipinski definition) is 0. The maximum absolute atomic E-state index is 12.5. The van der Waals surface area contributed by atoms with Gasteiger partial charge in [-0.25, -0.2) is 9.59 Å². The number of hydrogen-bond acceptors (Lipinski definition) is 6. The van der Waals surface area contributed by atoms with Crippen LogP contribution >= 0.6 is 0 Å². The van der Waals surface area contributed by atoms with E-state index < -0.39 is 11.9 Å². The molecule has 3 aromatic rings. The fourth-order valence-electron chi connectivity index (χ4n) is 2.58. The lowest BCUT2D eigenvalue weighted by Gasteiger charge is -2.09. The van der Waals surface area contributed by atoms with Crippen LogP contribution in [0.1, 0.15) is 26.3 Å². The highest BCUT2D eigenvalue weighted by Gasteiger charge is 2.17. The van der Waals surface area contributed by atoms with Crippen LogP contribution in [-0.2, 0) is 0 Å². The Kier molecular flexibility index (Phi) is 6.36. The molecule has 0 spiro atoms. The smallest absolute Gasteiger partial charge is 0.344 e. The molecule has 0 atom stereocenters. The first kappa shape index (κ1) is 20.5. The van der Waals surface area contributed by atoms with Crippen LogP contribution in [-0.4, -0.2) is 26.2 Å². The van der Waals surface area contributed by atoms with Gasteiger partial charge in [-0.15, -0.1) is 6.42 Å². The third kappa shape index (κ3) is 4.78. The van der Waals surface area contributed by atoms with E-state index in [1.807, 2.05) is 0 Å². The standard InChI is InChI=1S/C24H18O6/c1-4-16-15-17(23(25)29-20-10-6-18(27-2)7-11-20)5-14-22(16)24(26)30-21-12-8-19(28-3)9-13-21/h1,5-15H,2-3H3. The third-order valence-corrected chi connectivity index (χ3v) is 4.17. The van der Waals surface area contributed by atoms with Gasteiger partial charge in [-0.3, -0.25) is 0 Å². The first-order valence-corrected chi connectivity index (χ1v) is 8.87. The largest absolute Gasteiger partial charge is 0.497 e. The van der Waals surface area contributed by atoms with Crippen LogP contribution in [0.5, 0.6) is 23.0 Å². The summed E-state index contributed by atoms with van der Waals surface area (Å²) < 4.78 is 20.8. The second-order valence-corrected chi connectivity index (χ2v) is 6.03. The second-order valence-electron chi connectivity index (χ2n) is 6.03. The van der Waals surface area contributed by atoms with Crippen LogP contribution in [0, 0.1) is 12.3 Å². The molecule has 30 heavy (non-hydrogen) atoms. The van der Waals surface area contributed by atoms with Crippen LogP contribution in [0.25, 0.3) is 0 Å². The number of carbonyl (C=O) groups is 2. The average Bonchev–Trinajstić information content (AvgIpc) is 2.79. The molecule has 0 saturated carbocycles. The van der Waals surface area contributed by atoms with Crippen molar-refractivity contribution >= 4 is 11.9 Å². The lowest BCUT2D eigenvalue weighted by atomic mass is 10.0. The highest BCUT2D eigenvalue weighted by molar-refractivity contribution is 5.97. The number of benzene rings is 3. The molecule has 6 heteroatoms. The summed E-state index contributed by atoms with van der Waals surface area (Å²) in [6.07, 6.45) is 5.53. The van der Waals surface area contributed by atoms with E-state index in [-0.39, 0.29) is 16.7 Å². The molecule has 0 aliphatic heterocycles. The van der Waals surface area contributed by atoms with E-state index in [0.717, 1.165) is 0 Å². The molecule has 0 N–H and O–H groups in total. The first-order valence-electron chi connectivity index (χ1n) is 8.87. The Morgan fingerprint density at radius 1 is 0.700 bits per heavy atom. The van der Waals surface area contributed by atoms with Crippen molar-refractivity contribution in [1.82, 2.24) is 0 Å². The number of esters is 2. The van der Waals surface area contributed by atoms with Crippen molar-refractivity contribution in [3.63, 3.8) is 0 Å². The summed E-state index contributed by atoms with van der Waals surface area (Å²) in [6.45, 7) is 0. The SMILES string of the molecule is C#Cc1cc(C(=O)Oc2ccc(OC)cc2)ccc1C(=O)Oc1ccc(OC)cc1. The third-order valence-electron chi connectivity index (χ3n) is 4.17. The van der Waals surface area contributed by atoms with Crippen LogP contribution in [0.3, 0.4) is 0 Å². The molecule has 3 aromatic carbocycles. The maximum Gasteiger partial charge on any atom is 0.344 e. The van der Waals surface area contributed by atoms with Crippen molar-refractivity contribution in [3.05, 3.63) is 83.4 Å². The number of methoxy groups -OCH3 is 2. The summed E-state index contributed by atoms with van der Waals surface area (Å²) in [4.78, 5) is 24.9. The van der Waals surface area contributed by atoms with Gasteiger partial charge in [0.1, 0.15) is 23.0 Å². The summed E-state index contributed by atoms with van der Waals surface area (Å²) in [7, 11) is 3.09. The number of rotatable bonds is 6. The molecular weight excluding hydrogens is 384 g/mol. The monoisotopic (exact) mass is 402 g/mol. The summed E-state index contributed by atoms with van der Waals surface area (Å²) in [5, 5.41) is 0. The molecule has 0 fully saturated rings. The zero-order valence-electron chi connectivity index (χ0n) is 16.4. The number of ether oxygens (including phenoxy) is 4. The van der Waals surface area contributed by atoms with Gasteiger partial charge in [0.2, 0.25) is 0 Å². The van der Waals surface area contributed by atoms with Crippen molar-refractivity contribution in [1.29, 1.82) is 0 Å². The second kappa shape index (κ2) is 9.30. The Balaban J connectivity index is 1.75. The molecular formula is C24H18O6. The lowest BCUT2D eigenvalue weighted by molar-refractivity contribution is 0.0720. The lowest BCUT2D eigenvalue weighted by Crippen LogP contribution is -2.13. The predicted molar refractivity (Wildman–Crippen MR) is 110 cm³/mol. The van der Waals surface area contributed by atoms with Crippen molar-refractivity contribution in [2.45, 2.75) is 0 Å². The Morgan fingerprint density at radius 3 is 1.63 bits per heavy atom. The fraction of sp³-hybridized carbons (Fsp3) is 0.0833. The van der Waals surface area contributed by atoms with Crippen LogP contribution < -0.4 is 18.9 Å². The quantitative estimate of drug-likeness (QED) is 0.351. The summed E-state index contributed by atoms with van der Waals surface area (Å²) in [5.74, 6) is 3.14. The van der Waals surface area contributed by atoms with Gasteiger partial charge in [0.05, 0.1) is 25.3 Å². The van der Waals surface area contributed by atoms with Gasteiger partial charge in [0.15, 0.2) is 0 Å². The Hall–Kier alpha value is -4.24. The van der Waals surface area contributed by atoms with Crippen LogP contribution in [0.4, 0.5) is 0 Å². The van der Waals surface area contributed by atoms with Gasteiger partial charge in [-0.2, -0.15) is 0 Å². The summed E-state index contributed by atoms with van der Waals surface area (Å²) in [6, 6.07) is 17.4. The van der Waals surface area contributed by atoms with Gasteiger partial charge in [-0.1, -0.05) is 5.92 Å².